The lowest BCUT2D eigenvalue weighted by Crippen LogP contribution is -2.38. The number of aryl methyl sites for hydroxylation is 1. The smallest absolute Gasteiger partial charge is 0.0956 e. The standard InChI is InChI=1S/C15H26N2OS/c1-10(2)14-17-12(4)13(19-14)11(3)16-9-15(18)7-5-6-8-15/h10-11,16,18H,5-9H2,1-4H3. The topological polar surface area (TPSA) is 45.2 Å². The Balaban J connectivity index is 1.97. The lowest BCUT2D eigenvalue weighted by molar-refractivity contribution is 0.0454. The quantitative estimate of drug-likeness (QED) is 0.868. The van der Waals surface area contributed by atoms with Gasteiger partial charge in [0.05, 0.1) is 16.3 Å². The molecular weight excluding hydrogens is 256 g/mol. The minimum absolute atomic E-state index is 0.273. The van der Waals surface area contributed by atoms with E-state index in [2.05, 4.69) is 38.0 Å². The summed E-state index contributed by atoms with van der Waals surface area (Å²) in [4.78, 5) is 5.95. The lowest BCUT2D eigenvalue weighted by Gasteiger charge is -2.25. The van der Waals surface area contributed by atoms with Gasteiger partial charge in [-0.2, -0.15) is 0 Å². The van der Waals surface area contributed by atoms with Gasteiger partial charge in [0, 0.05) is 23.4 Å². The van der Waals surface area contributed by atoms with Crippen molar-refractivity contribution in [1.29, 1.82) is 0 Å². The molecular formula is C15H26N2OS. The molecule has 0 spiro atoms. The number of nitrogens with one attached hydrogen (secondary N) is 1. The van der Waals surface area contributed by atoms with Crippen LogP contribution in [0.5, 0.6) is 0 Å². The van der Waals surface area contributed by atoms with Crippen molar-refractivity contribution in [2.24, 2.45) is 0 Å². The maximum absolute atomic E-state index is 10.4. The first-order valence-electron chi connectivity index (χ1n) is 7.34. The zero-order chi connectivity index (χ0) is 14.0. The molecule has 4 heteroatoms. The van der Waals surface area contributed by atoms with Gasteiger partial charge in [-0.15, -0.1) is 11.3 Å². The van der Waals surface area contributed by atoms with Crippen molar-refractivity contribution < 1.29 is 5.11 Å². The van der Waals surface area contributed by atoms with Gasteiger partial charge in [-0.1, -0.05) is 26.7 Å². The predicted molar refractivity (Wildman–Crippen MR) is 80.8 cm³/mol. The Labute approximate surface area is 120 Å². The van der Waals surface area contributed by atoms with Gasteiger partial charge in [0.1, 0.15) is 0 Å². The molecule has 1 saturated carbocycles. The van der Waals surface area contributed by atoms with Crippen molar-refractivity contribution >= 4 is 11.3 Å². The Morgan fingerprint density at radius 1 is 1.32 bits per heavy atom. The molecule has 2 rings (SSSR count). The van der Waals surface area contributed by atoms with E-state index in [-0.39, 0.29) is 6.04 Å². The fraction of sp³-hybridized carbons (Fsp3) is 0.800. The van der Waals surface area contributed by atoms with E-state index in [4.69, 9.17) is 0 Å². The van der Waals surface area contributed by atoms with Crippen LogP contribution in [0, 0.1) is 6.92 Å². The molecule has 1 heterocycles. The molecule has 2 N–H and O–H groups in total. The predicted octanol–water partition coefficient (Wildman–Crippen LogP) is 3.53. The SMILES string of the molecule is Cc1nc(C(C)C)sc1C(C)NCC1(O)CCCC1. The van der Waals surface area contributed by atoms with Crippen molar-refractivity contribution in [3.8, 4) is 0 Å². The highest BCUT2D eigenvalue weighted by Gasteiger charge is 2.31. The van der Waals surface area contributed by atoms with E-state index in [0.717, 1.165) is 31.4 Å². The normalized spacial score (nSPS) is 20.1. The first-order valence-corrected chi connectivity index (χ1v) is 8.16. The summed E-state index contributed by atoms with van der Waals surface area (Å²) in [6, 6.07) is 0.273. The molecule has 1 fully saturated rings. The van der Waals surface area contributed by atoms with Crippen LogP contribution in [-0.4, -0.2) is 22.2 Å². The summed E-state index contributed by atoms with van der Waals surface area (Å²) in [5.41, 5.74) is 0.653. The molecule has 108 valence electrons. The van der Waals surface area contributed by atoms with E-state index >= 15 is 0 Å². The van der Waals surface area contributed by atoms with Crippen molar-refractivity contribution in [2.45, 2.75) is 70.9 Å². The van der Waals surface area contributed by atoms with Gasteiger partial charge in [-0.05, 0) is 26.7 Å². The van der Waals surface area contributed by atoms with Crippen LogP contribution in [-0.2, 0) is 0 Å². The molecule has 0 aromatic carbocycles. The number of thiazole rings is 1. The maximum atomic E-state index is 10.4. The van der Waals surface area contributed by atoms with E-state index in [9.17, 15) is 5.11 Å². The molecule has 1 aliphatic carbocycles. The summed E-state index contributed by atoms with van der Waals surface area (Å²) in [7, 11) is 0. The molecule has 1 aromatic rings. The van der Waals surface area contributed by atoms with Crippen LogP contribution in [0.2, 0.25) is 0 Å². The van der Waals surface area contributed by atoms with E-state index in [1.54, 1.807) is 11.3 Å². The van der Waals surface area contributed by atoms with Gasteiger partial charge in [0.25, 0.3) is 0 Å². The fourth-order valence-electron chi connectivity index (χ4n) is 2.72. The molecule has 1 atom stereocenters. The molecule has 19 heavy (non-hydrogen) atoms. The fourth-order valence-corrected chi connectivity index (χ4v) is 3.82. The second-order valence-electron chi connectivity index (χ2n) is 6.19. The van der Waals surface area contributed by atoms with Crippen LogP contribution in [0.1, 0.15) is 74.0 Å². The van der Waals surface area contributed by atoms with E-state index in [0.29, 0.717) is 12.5 Å². The number of hydrogen-bond acceptors (Lipinski definition) is 4. The largest absolute Gasteiger partial charge is 0.389 e. The molecule has 1 aromatic heterocycles. The van der Waals surface area contributed by atoms with E-state index < -0.39 is 5.60 Å². The summed E-state index contributed by atoms with van der Waals surface area (Å²) in [5, 5.41) is 15.1. The van der Waals surface area contributed by atoms with E-state index in [1.807, 2.05) is 0 Å². The Morgan fingerprint density at radius 2 is 1.95 bits per heavy atom. The van der Waals surface area contributed by atoms with Gasteiger partial charge in [-0.3, -0.25) is 0 Å². The third-order valence-electron chi connectivity index (χ3n) is 4.01. The first-order chi connectivity index (χ1) is 8.91. The van der Waals surface area contributed by atoms with Crippen LogP contribution in [0.25, 0.3) is 0 Å². The van der Waals surface area contributed by atoms with Crippen molar-refractivity contribution in [3.05, 3.63) is 15.6 Å². The van der Waals surface area contributed by atoms with Crippen molar-refractivity contribution in [1.82, 2.24) is 10.3 Å². The highest BCUT2D eigenvalue weighted by Crippen LogP contribution is 2.32. The summed E-state index contributed by atoms with van der Waals surface area (Å²) >= 11 is 1.80. The molecule has 1 aliphatic rings. The van der Waals surface area contributed by atoms with Gasteiger partial charge in [0.2, 0.25) is 0 Å². The summed E-state index contributed by atoms with van der Waals surface area (Å²) < 4.78 is 0. The number of nitrogens with zero attached hydrogens (tertiary/aromatic N) is 1. The average molecular weight is 282 g/mol. The minimum atomic E-state index is -0.478. The highest BCUT2D eigenvalue weighted by molar-refractivity contribution is 7.11. The molecule has 1 unspecified atom stereocenters. The molecule has 0 bridgehead atoms. The summed E-state index contributed by atoms with van der Waals surface area (Å²) in [5.74, 6) is 0.490. The number of aliphatic hydroxyl groups is 1. The lowest BCUT2D eigenvalue weighted by atomic mass is 10.0. The monoisotopic (exact) mass is 282 g/mol. The van der Waals surface area contributed by atoms with Crippen LogP contribution in [0.4, 0.5) is 0 Å². The first kappa shape index (κ1) is 14.9. The van der Waals surface area contributed by atoms with Crippen LogP contribution in [0.15, 0.2) is 0 Å². The van der Waals surface area contributed by atoms with Crippen LogP contribution < -0.4 is 5.32 Å². The van der Waals surface area contributed by atoms with Crippen molar-refractivity contribution in [2.75, 3.05) is 6.54 Å². The number of rotatable bonds is 5. The number of aromatic nitrogens is 1. The number of hydrogen-bond donors (Lipinski definition) is 2. The van der Waals surface area contributed by atoms with Crippen molar-refractivity contribution in [3.63, 3.8) is 0 Å². The molecule has 0 radical (unpaired) electrons. The molecule has 0 aliphatic heterocycles. The molecule has 3 nitrogen and oxygen atoms in total. The Hall–Kier alpha value is -0.450. The van der Waals surface area contributed by atoms with Gasteiger partial charge in [-0.25, -0.2) is 4.98 Å². The Kier molecular flexibility index (Phi) is 4.64. The maximum Gasteiger partial charge on any atom is 0.0956 e. The van der Waals surface area contributed by atoms with Gasteiger partial charge >= 0.3 is 0 Å². The van der Waals surface area contributed by atoms with Gasteiger partial charge < -0.3 is 10.4 Å². The minimum Gasteiger partial charge on any atom is -0.389 e. The third kappa shape index (κ3) is 3.56. The van der Waals surface area contributed by atoms with Crippen LogP contribution >= 0.6 is 11.3 Å². The zero-order valence-electron chi connectivity index (χ0n) is 12.5. The third-order valence-corrected chi connectivity index (χ3v) is 5.65. The summed E-state index contributed by atoms with van der Waals surface area (Å²) in [6.45, 7) is 9.31. The molecule has 0 saturated heterocycles. The van der Waals surface area contributed by atoms with Crippen LogP contribution in [0.3, 0.4) is 0 Å². The average Bonchev–Trinajstić information content (AvgIpc) is 2.93. The second-order valence-corrected chi connectivity index (χ2v) is 7.25. The van der Waals surface area contributed by atoms with Gasteiger partial charge in [0.15, 0.2) is 0 Å². The van der Waals surface area contributed by atoms with E-state index in [1.165, 1.54) is 9.88 Å². The summed E-state index contributed by atoms with van der Waals surface area (Å²) in [6.07, 6.45) is 4.19. The Morgan fingerprint density at radius 3 is 2.47 bits per heavy atom. The molecule has 0 amide bonds. The second kappa shape index (κ2) is 5.90. The zero-order valence-corrected chi connectivity index (χ0v) is 13.3. The Bertz CT molecular complexity index is 422. The highest BCUT2D eigenvalue weighted by atomic mass is 32.1.